The largest absolute Gasteiger partial charge is 0.497 e. The molecule has 8 nitrogen and oxygen atoms in total. The standard InChI is InChI=1S/C26H33N5O3/c1-18(2)27-24(32)17-31-25(19-7-5-8-21(15-19)34-4)28-23-10-9-20(16-22(23)26(31)33)30-12-6-11-29(3)13-14-30/h5,7-10,15-16,18H,6,11-14,17H2,1-4H3,(H,27,32). The Morgan fingerprint density at radius 1 is 1.12 bits per heavy atom. The average molecular weight is 464 g/mol. The van der Waals surface area contributed by atoms with E-state index in [2.05, 4.69) is 22.2 Å². The molecular weight excluding hydrogens is 430 g/mol. The van der Waals surface area contributed by atoms with Crippen LogP contribution in [0.1, 0.15) is 20.3 Å². The summed E-state index contributed by atoms with van der Waals surface area (Å²) < 4.78 is 6.83. The van der Waals surface area contributed by atoms with Crippen LogP contribution in [0.3, 0.4) is 0 Å². The van der Waals surface area contributed by atoms with Gasteiger partial charge in [-0.1, -0.05) is 12.1 Å². The van der Waals surface area contributed by atoms with E-state index < -0.39 is 0 Å². The smallest absolute Gasteiger partial charge is 0.262 e. The van der Waals surface area contributed by atoms with Crippen molar-refractivity contribution in [2.75, 3.05) is 45.2 Å². The highest BCUT2D eigenvalue weighted by molar-refractivity contribution is 5.84. The zero-order valence-electron chi connectivity index (χ0n) is 20.4. The number of fused-ring (bicyclic) bond motifs is 1. The molecule has 34 heavy (non-hydrogen) atoms. The summed E-state index contributed by atoms with van der Waals surface area (Å²) >= 11 is 0. The molecule has 1 aromatic heterocycles. The van der Waals surface area contributed by atoms with Crippen molar-refractivity contribution in [3.05, 3.63) is 52.8 Å². The van der Waals surface area contributed by atoms with E-state index in [9.17, 15) is 9.59 Å². The molecule has 4 rings (SSSR count). The Morgan fingerprint density at radius 2 is 1.94 bits per heavy atom. The van der Waals surface area contributed by atoms with E-state index in [1.807, 2.05) is 56.3 Å². The van der Waals surface area contributed by atoms with Crippen LogP contribution in [0.25, 0.3) is 22.3 Å². The summed E-state index contributed by atoms with van der Waals surface area (Å²) in [6.45, 7) is 7.57. The maximum atomic E-state index is 13.7. The van der Waals surface area contributed by atoms with Crippen molar-refractivity contribution in [2.24, 2.45) is 0 Å². The zero-order valence-corrected chi connectivity index (χ0v) is 20.4. The van der Waals surface area contributed by atoms with E-state index in [0.29, 0.717) is 22.5 Å². The summed E-state index contributed by atoms with van der Waals surface area (Å²) in [6, 6.07) is 13.2. The summed E-state index contributed by atoms with van der Waals surface area (Å²) in [5.74, 6) is 0.875. The number of hydrogen-bond acceptors (Lipinski definition) is 6. The normalized spacial score (nSPS) is 14.9. The molecule has 0 spiro atoms. The van der Waals surface area contributed by atoms with Crippen LogP contribution >= 0.6 is 0 Å². The lowest BCUT2D eigenvalue weighted by molar-refractivity contribution is -0.122. The number of ether oxygens (including phenoxy) is 1. The molecule has 1 N–H and O–H groups in total. The second kappa shape index (κ2) is 10.3. The van der Waals surface area contributed by atoms with Gasteiger partial charge < -0.3 is 19.9 Å². The number of rotatable bonds is 6. The van der Waals surface area contributed by atoms with Crippen LogP contribution in [0.5, 0.6) is 5.75 Å². The van der Waals surface area contributed by atoms with Crippen molar-refractivity contribution in [2.45, 2.75) is 32.9 Å². The number of carbonyl (C=O) groups excluding carboxylic acids is 1. The molecule has 1 aliphatic heterocycles. The molecule has 0 atom stereocenters. The van der Waals surface area contributed by atoms with E-state index in [4.69, 9.17) is 9.72 Å². The first-order valence-electron chi connectivity index (χ1n) is 11.8. The van der Waals surface area contributed by atoms with Gasteiger partial charge in [0.25, 0.3) is 5.56 Å². The molecule has 1 saturated heterocycles. The molecule has 0 saturated carbocycles. The maximum absolute atomic E-state index is 13.7. The highest BCUT2D eigenvalue weighted by atomic mass is 16.5. The van der Waals surface area contributed by atoms with Crippen molar-refractivity contribution in [1.29, 1.82) is 0 Å². The van der Waals surface area contributed by atoms with Gasteiger partial charge in [-0.15, -0.1) is 0 Å². The van der Waals surface area contributed by atoms with Crippen LogP contribution < -0.4 is 20.5 Å². The monoisotopic (exact) mass is 463 g/mol. The summed E-state index contributed by atoms with van der Waals surface area (Å²) in [5.41, 5.74) is 2.11. The third-order valence-corrected chi connectivity index (χ3v) is 6.10. The van der Waals surface area contributed by atoms with Crippen molar-refractivity contribution in [3.63, 3.8) is 0 Å². The van der Waals surface area contributed by atoms with Gasteiger partial charge in [-0.3, -0.25) is 14.2 Å². The van der Waals surface area contributed by atoms with E-state index in [-0.39, 0.29) is 24.1 Å². The van der Waals surface area contributed by atoms with Gasteiger partial charge in [-0.2, -0.15) is 0 Å². The first kappa shape index (κ1) is 23.8. The fraction of sp³-hybridized carbons (Fsp3) is 0.423. The maximum Gasteiger partial charge on any atom is 0.262 e. The van der Waals surface area contributed by atoms with Gasteiger partial charge in [0.05, 0.1) is 18.0 Å². The third kappa shape index (κ3) is 5.22. The molecule has 0 radical (unpaired) electrons. The Bertz CT molecular complexity index is 1240. The lowest BCUT2D eigenvalue weighted by Gasteiger charge is -2.23. The van der Waals surface area contributed by atoms with Crippen LogP contribution in [-0.2, 0) is 11.3 Å². The van der Waals surface area contributed by atoms with Crippen LogP contribution in [0.2, 0.25) is 0 Å². The molecule has 2 aromatic carbocycles. The number of benzene rings is 2. The fourth-order valence-corrected chi connectivity index (χ4v) is 4.35. The molecule has 8 heteroatoms. The Hall–Kier alpha value is -3.39. The summed E-state index contributed by atoms with van der Waals surface area (Å²) in [5, 5.41) is 3.39. The van der Waals surface area contributed by atoms with Gasteiger partial charge in [0, 0.05) is 36.9 Å². The molecule has 2 heterocycles. The molecule has 0 bridgehead atoms. The van der Waals surface area contributed by atoms with Gasteiger partial charge in [0.15, 0.2) is 0 Å². The summed E-state index contributed by atoms with van der Waals surface area (Å²) in [4.78, 5) is 35.9. The predicted octanol–water partition coefficient (Wildman–Crippen LogP) is 2.74. The van der Waals surface area contributed by atoms with Crippen LogP contribution in [0, 0.1) is 0 Å². The number of carbonyl (C=O) groups is 1. The first-order chi connectivity index (χ1) is 16.4. The number of nitrogens with zero attached hydrogens (tertiary/aromatic N) is 4. The summed E-state index contributed by atoms with van der Waals surface area (Å²) in [6.07, 6.45) is 1.07. The van der Waals surface area contributed by atoms with Crippen molar-refractivity contribution in [1.82, 2.24) is 19.8 Å². The molecule has 1 amide bonds. The lowest BCUT2D eigenvalue weighted by atomic mass is 10.1. The van der Waals surface area contributed by atoms with Gasteiger partial charge in [-0.25, -0.2) is 4.98 Å². The predicted molar refractivity (Wildman–Crippen MR) is 136 cm³/mol. The molecule has 0 unspecified atom stereocenters. The summed E-state index contributed by atoms with van der Waals surface area (Å²) in [7, 11) is 3.73. The average Bonchev–Trinajstić information content (AvgIpc) is 3.04. The SMILES string of the molecule is COc1cccc(-c2nc3ccc(N4CCCN(C)CC4)cc3c(=O)n2CC(=O)NC(C)C)c1. The van der Waals surface area contributed by atoms with E-state index in [1.165, 1.54) is 4.57 Å². The van der Waals surface area contributed by atoms with E-state index in [1.54, 1.807) is 7.11 Å². The minimum atomic E-state index is -0.228. The van der Waals surface area contributed by atoms with E-state index >= 15 is 0 Å². The quantitative estimate of drug-likeness (QED) is 0.606. The molecule has 0 aliphatic carbocycles. The molecule has 3 aromatic rings. The van der Waals surface area contributed by atoms with Crippen LogP contribution in [-0.4, -0.2) is 66.7 Å². The van der Waals surface area contributed by atoms with E-state index in [0.717, 1.165) is 43.9 Å². The van der Waals surface area contributed by atoms with Gasteiger partial charge >= 0.3 is 0 Å². The van der Waals surface area contributed by atoms with Crippen LogP contribution in [0.15, 0.2) is 47.3 Å². The topological polar surface area (TPSA) is 79.7 Å². The van der Waals surface area contributed by atoms with Gasteiger partial charge in [-0.05, 0) is 64.2 Å². The number of hydrogen-bond donors (Lipinski definition) is 1. The number of nitrogens with one attached hydrogen (secondary N) is 1. The Morgan fingerprint density at radius 3 is 2.71 bits per heavy atom. The lowest BCUT2D eigenvalue weighted by Crippen LogP contribution is -2.37. The minimum absolute atomic E-state index is 0.0235. The number of methoxy groups -OCH3 is 1. The first-order valence-corrected chi connectivity index (χ1v) is 11.8. The molecule has 1 fully saturated rings. The number of aromatic nitrogens is 2. The number of likely N-dealkylation sites (N-methyl/N-ethyl adjacent to an activating group) is 1. The molecular formula is C26H33N5O3. The molecule has 1 aliphatic rings. The number of anilines is 1. The Labute approximate surface area is 200 Å². The van der Waals surface area contributed by atoms with Crippen molar-refractivity contribution < 1.29 is 9.53 Å². The van der Waals surface area contributed by atoms with Gasteiger partial charge in [0.1, 0.15) is 18.1 Å². The number of amides is 1. The Balaban J connectivity index is 1.82. The second-order valence-corrected chi connectivity index (χ2v) is 9.13. The van der Waals surface area contributed by atoms with Crippen molar-refractivity contribution >= 4 is 22.5 Å². The van der Waals surface area contributed by atoms with Gasteiger partial charge in [0.2, 0.25) is 5.91 Å². The molecule has 180 valence electrons. The second-order valence-electron chi connectivity index (χ2n) is 9.13. The minimum Gasteiger partial charge on any atom is -0.497 e. The highest BCUT2D eigenvalue weighted by Gasteiger charge is 2.19. The van der Waals surface area contributed by atoms with Crippen molar-refractivity contribution in [3.8, 4) is 17.1 Å². The van der Waals surface area contributed by atoms with Crippen LogP contribution in [0.4, 0.5) is 5.69 Å². The zero-order chi connectivity index (χ0) is 24.2. The third-order valence-electron chi connectivity index (χ3n) is 6.10. The fourth-order valence-electron chi connectivity index (χ4n) is 4.35. The highest BCUT2D eigenvalue weighted by Crippen LogP contribution is 2.25. The Kier molecular flexibility index (Phi) is 7.17.